The molecule has 0 bridgehead atoms. The van der Waals surface area contributed by atoms with E-state index in [1.165, 1.54) is 6.92 Å². The number of benzene rings is 4. The summed E-state index contributed by atoms with van der Waals surface area (Å²) >= 11 is 0. The average molecular weight is 669 g/mol. The molecule has 0 saturated heterocycles. The number of phenols is 2. The number of methoxy groups -OCH3 is 1. The molecule has 10 heteroatoms. The molecule has 0 saturated carbocycles. The summed E-state index contributed by atoms with van der Waals surface area (Å²) in [6.07, 6.45) is 0.832. The standard InChI is InChI=1S/C39H44N2O8/c1-22(25-7-5-6-24(14-25)20-42)41-19-27-16-34(45)35(47-13-12-40-3)18-32(27)39-33(21-48-23(2)43)31-11-10-29-30(38(31)49-39)9-8-26-15-28(44)17-36(46-4)37(26)29/h5-7,10-11,14-18,22,33,39-42,44-45H,8-9,12-13,19-21H2,1-4H3/t22-,33+,39-/m1/s1. The number of fused-ring (bicyclic) bond motifs is 5. The first-order valence-corrected chi connectivity index (χ1v) is 16.6. The van der Waals surface area contributed by atoms with E-state index in [1.807, 2.05) is 43.4 Å². The molecule has 0 fully saturated rings. The Bertz CT molecular complexity index is 1820. The third-order valence-corrected chi connectivity index (χ3v) is 9.44. The van der Waals surface area contributed by atoms with Crippen LogP contribution in [0.2, 0.25) is 0 Å². The highest BCUT2D eigenvalue weighted by molar-refractivity contribution is 5.82. The molecule has 3 atom stereocenters. The lowest BCUT2D eigenvalue weighted by Gasteiger charge is -2.25. The van der Waals surface area contributed by atoms with Crippen molar-refractivity contribution in [2.75, 3.05) is 33.9 Å². The third-order valence-electron chi connectivity index (χ3n) is 9.44. The minimum atomic E-state index is -0.555. The molecule has 2 aliphatic rings. The number of aliphatic hydroxyl groups is 1. The Morgan fingerprint density at radius 1 is 1.04 bits per heavy atom. The highest BCUT2D eigenvalue weighted by Crippen LogP contribution is 2.54. The van der Waals surface area contributed by atoms with Crippen LogP contribution in [0.4, 0.5) is 0 Å². The number of hydrogen-bond acceptors (Lipinski definition) is 10. The third kappa shape index (κ3) is 7.03. The van der Waals surface area contributed by atoms with Gasteiger partial charge in [0.1, 0.15) is 36.6 Å². The molecule has 1 aliphatic heterocycles. The van der Waals surface area contributed by atoms with E-state index < -0.39 is 6.10 Å². The molecule has 258 valence electrons. The minimum Gasteiger partial charge on any atom is -0.508 e. The number of carbonyl (C=O) groups excluding carboxylic acids is 1. The van der Waals surface area contributed by atoms with Crippen molar-refractivity contribution in [1.82, 2.24) is 10.6 Å². The molecule has 10 nitrogen and oxygen atoms in total. The summed E-state index contributed by atoms with van der Waals surface area (Å²) in [7, 11) is 3.43. The van der Waals surface area contributed by atoms with Gasteiger partial charge in [0.2, 0.25) is 0 Å². The molecule has 1 heterocycles. The van der Waals surface area contributed by atoms with Crippen LogP contribution in [0.25, 0.3) is 11.1 Å². The molecule has 4 aromatic rings. The Labute approximate surface area is 286 Å². The Balaban J connectivity index is 1.41. The van der Waals surface area contributed by atoms with Crippen LogP contribution >= 0.6 is 0 Å². The van der Waals surface area contributed by atoms with Crippen molar-refractivity contribution < 1.29 is 39.1 Å². The van der Waals surface area contributed by atoms with Gasteiger partial charge < -0.3 is 44.9 Å². The highest BCUT2D eigenvalue weighted by atomic mass is 16.5. The summed E-state index contributed by atoms with van der Waals surface area (Å²) in [5.74, 6) is 1.14. The van der Waals surface area contributed by atoms with Crippen LogP contribution in [0.3, 0.4) is 0 Å². The molecular formula is C39H44N2O8. The molecular weight excluding hydrogens is 624 g/mol. The number of aromatic hydroxyl groups is 2. The van der Waals surface area contributed by atoms with E-state index in [0.717, 1.165) is 55.8 Å². The van der Waals surface area contributed by atoms with Crippen molar-refractivity contribution in [2.45, 2.75) is 57.9 Å². The molecule has 1 aliphatic carbocycles. The maximum atomic E-state index is 12.1. The topological polar surface area (TPSA) is 139 Å². The first-order valence-electron chi connectivity index (χ1n) is 16.6. The fourth-order valence-corrected chi connectivity index (χ4v) is 6.94. The van der Waals surface area contributed by atoms with Crippen LogP contribution in [-0.2, 0) is 35.5 Å². The number of likely N-dealkylation sites (N-methyl/N-ethyl adjacent to an activating group) is 1. The van der Waals surface area contributed by atoms with Gasteiger partial charge in [-0.1, -0.05) is 36.4 Å². The zero-order chi connectivity index (χ0) is 34.7. The molecule has 0 aromatic heterocycles. The van der Waals surface area contributed by atoms with Gasteiger partial charge in [-0.25, -0.2) is 0 Å². The monoisotopic (exact) mass is 668 g/mol. The zero-order valence-electron chi connectivity index (χ0n) is 28.3. The summed E-state index contributed by atoms with van der Waals surface area (Å²) in [4.78, 5) is 12.1. The molecule has 0 unspecified atom stereocenters. The van der Waals surface area contributed by atoms with E-state index >= 15 is 0 Å². The van der Waals surface area contributed by atoms with E-state index in [0.29, 0.717) is 44.0 Å². The van der Waals surface area contributed by atoms with Crippen molar-refractivity contribution >= 4 is 5.97 Å². The Morgan fingerprint density at radius 3 is 2.63 bits per heavy atom. The number of hydrogen-bond donors (Lipinski definition) is 5. The lowest BCUT2D eigenvalue weighted by molar-refractivity contribution is -0.141. The first kappa shape index (κ1) is 34.1. The van der Waals surface area contributed by atoms with Gasteiger partial charge in [-0.3, -0.25) is 4.79 Å². The molecule has 0 radical (unpaired) electrons. The molecule has 6 rings (SSSR count). The lowest BCUT2D eigenvalue weighted by atomic mass is 9.81. The molecule has 0 amide bonds. The fourth-order valence-electron chi connectivity index (χ4n) is 6.94. The van der Waals surface area contributed by atoms with Gasteiger partial charge in [0.05, 0.1) is 19.6 Å². The van der Waals surface area contributed by atoms with Crippen molar-refractivity contribution in [3.05, 3.63) is 99.6 Å². The fraction of sp³-hybridized carbons (Fsp3) is 0.359. The summed E-state index contributed by atoms with van der Waals surface area (Å²) in [5.41, 5.74) is 8.36. The maximum absolute atomic E-state index is 12.1. The van der Waals surface area contributed by atoms with Crippen LogP contribution in [0.1, 0.15) is 70.9 Å². The summed E-state index contributed by atoms with van der Waals surface area (Å²) in [5, 5.41) is 37.7. The van der Waals surface area contributed by atoms with E-state index in [-0.39, 0.29) is 42.6 Å². The van der Waals surface area contributed by atoms with Crippen LogP contribution < -0.4 is 24.8 Å². The SMILES string of the molecule is CNCCOc1cc([C@H]2Oc3c(ccc4c3CCc3cc(O)cc(OC)c3-4)[C@@H]2COC(C)=O)c(CN[C@H](C)c2cccc(CO)c2)cc1O. The van der Waals surface area contributed by atoms with Gasteiger partial charge in [0.25, 0.3) is 0 Å². The first-order chi connectivity index (χ1) is 23.7. The minimum absolute atomic E-state index is 0.0166. The van der Waals surface area contributed by atoms with Gasteiger partial charge in [0.15, 0.2) is 11.5 Å². The highest BCUT2D eigenvalue weighted by Gasteiger charge is 2.41. The predicted molar refractivity (Wildman–Crippen MR) is 185 cm³/mol. The number of esters is 1. The summed E-state index contributed by atoms with van der Waals surface area (Å²) in [6, 6.07) is 18.8. The molecule has 5 N–H and O–H groups in total. The zero-order valence-corrected chi connectivity index (χ0v) is 28.3. The van der Waals surface area contributed by atoms with E-state index in [1.54, 1.807) is 25.3 Å². The molecule has 49 heavy (non-hydrogen) atoms. The second-order valence-corrected chi connectivity index (χ2v) is 12.6. The van der Waals surface area contributed by atoms with Gasteiger partial charge >= 0.3 is 5.97 Å². The number of phenolic OH excluding ortho intramolecular Hbond substituents is 2. The second-order valence-electron chi connectivity index (χ2n) is 12.6. The lowest BCUT2D eigenvalue weighted by Crippen LogP contribution is -2.23. The number of nitrogens with one attached hydrogen (secondary N) is 2. The van der Waals surface area contributed by atoms with Crippen molar-refractivity contribution in [3.63, 3.8) is 0 Å². The largest absolute Gasteiger partial charge is 0.508 e. The van der Waals surface area contributed by atoms with Crippen molar-refractivity contribution in [1.29, 1.82) is 0 Å². The smallest absolute Gasteiger partial charge is 0.302 e. The number of aryl methyl sites for hydroxylation is 1. The van der Waals surface area contributed by atoms with Crippen LogP contribution in [-0.4, -0.2) is 55.2 Å². The summed E-state index contributed by atoms with van der Waals surface area (Å²) in [6.45, 7) is 4.86. The predicted octanol–water partition coefficient (Wildman–Crippen LogP) is 5.59. The Hall–Kier alpha value is -4.77. The van der Waals surface area contributed by atoms with Crippen LogP contribution in [0.5, 0.6) is 28.7 Å². The van der Waals surface area contributed by atoms with Gasteiger partial charge in [0, 0.05) is 54.4 Å². The van der Waals surface area contributed by atoms with Crippen molar-refractivity contribution in [3.8, 4) is 39.9 Å². The number of ether oxygens (including phenoxy) is 4. The second kappa shape index (κ2) is 14.8. The van der Waals surface area contributed by atoms with E-state index in [2.05, 4.69) is 23.6 Å². The van der Waals surface area contributed by atoms with E-state index in [4.69, 9.17) is 18.9 Å². The Kier molecular flexibility index (Phi) is 10.3. The quantitative estimate of drug-likeness (QED) is 0.0905. The Morgan fingerprint density at radius 2 is 1.88 bits per heavy atom. The number of carbonyl (C=O) groups is 1. The number of aliphatic hydroxyl groups excluding tert-OH is 1. The average Bonchev–Trinajstić information content (AvgIpc) is 3.48. The van der Waals surface area contributed by atoms with Gasteiger partial charge in [-0.15, -0.1) is 0 Å². The van der Waals surface area contributed by atoms with Gasteiger partial charge in [-0.2, -0.15) is 0 Å². The normalized spacial score (nSPS) is 16.6. The number of rotatable bonds is 13. The van der Waals surface area contributed by atoms with E-state index in [9.17, 15) is 20.1 Å². The van der Waals surface area contributed by atoms with Gasteiger partial charge in [-0.05, 0) is 72.8 Å². The molecule has 4 aromatic carbocycles. The summed E-state index contributed by atoms with van der Waals surface area (Å²) < 4.78 is 24.3. The maximum Gasteiger partial charge on any atom is 0.302 e. The van der Waals surface area contributed by atoms with Crippen LogP contribution in [0.15, 0.2) is 60.7 Å². The van der Waals surface area contributed by atoms with Crippen LogP contribution in [0, 0.1) is 0 Å². The molecule has 0 spiro atoms. The van der Waals surface area contributed by atoms with Crippen molar-refractivity contribution in [2.24, 2.45) is 0 Å².